The highest BCUT2D eigenvalue weighted by Crippen LogP contribution is 2.18. The minimum Gasteiger partial charge on any atom is -0.390 e. The normalized spacial score (nSPS) is 12.2. The van der Waals surface area contributed by atoms with Crippen molar-refractivity contribution in [2.75, 3.05) is 7.05 Å². The molecule has 0 unspecified atom stereocenters. The van der Waals surface area contributed by atoms with Crippen LogP contribution in [0.3, 0.4) is 0 Å². The lowest BCUT2D eigenvalue weighted by Gasteiger charge is -2.17. The first-order chi connectivity index (χ1) is 12.3. The third-order valence-electron chi connectivity index (χ3n) is 4.41. The van der Waals surface area contributed by atoms with Crippen LogP contribution in [0.25, 0.3) is 11.0 Å². The first kappa shape index (κ1) is 18.9. The summed E-state index contributed by atoms with van der Waals surface area (Å²) in [4.78, 5) is 10.2. The Morgan fingerprint density at radius 2 is 1.77 bits per heavy atom. The molecule has 0 spiro atoms. The van der Waals surface area contributed by atoms with Crippen molar-refractivity contribution in [3.63, 3.8) is 0 Å². The van der Waals surface area contributed by atoms with Crippen LogP contribution in [0.2, 0.25) is 5.02 Å². The minimum absolute atomic E-state index is 0.615. The first-order valence-electron chi connectivity index (χ1n) is 8.91. The highest BCUT2D eigenvalue weighted by Gasteiger charge is 2.12. The van der Waals surface area contributed by atoms with Crippen LogP contribution in [0, 0.1) is 0 Å². The van der Waals surface area contributed by atoms with Crippen LogP contribution in [0.15, 0.2) is 42.5 Å². The number of fused-ring (bicyclic) bond motifs is 1. The molecule has 1 heterocycles. The molecule has 0 aliphatic rings. The molecular weight excluding hydrogens is 346 g/mol. The number of rotatable bonds is 7. The zero-order valence-corrected chi connectivity index (χ0v) is 16.3. The van der Waals surface area contributed by atoms with Crippen LogP contribution >= 0.6 is 11.6 Å². The van der Waals surface area contributed by atoms with Gasteiger partial charge in [0.15, 0.2) is 0 Å². The number of aryl methyl sites for hydroxylation is 1. The zero-order chi connectivity index (χ0) is 18.7. The average molecular weight is 372 g/mol. The summed E-state index contributed by atoms with van der Waals surface area (Å²) in [6.45, 7) is 5.29. The summed E-state index contributed by atoms with van der Waals surface area (Å²) in [5, 5.41) is 10.6. The molecule has 0 bridgehead atoms. The number of nitrogens with zero attached hydrogens (tertiary/aromatic N) is 2. The summed E-state index contributed by atoms with van der Waals surface area (Å²) in [5.41, 5.74) is 3.81. The van der Waals surface area contributed by atoms with Crippen molar-refractivity contribution in [1.29, 1.82) is 0 Å². The Morgan fingerprint density at radius 3 is 2.46 bits per heavy atom. The van der Waals surface area contributed by atoms with Crippen molar-refractivity contribution in [2.45, 2.75) is 45.4 Å². The molecule has 3 aromatic rings. The number of aromatic nitrogens is 2. The Morgan fingerprint density at radius 1 is 1.08 bits per heavy atom. The largest absolute Gasteiger partial charge is 0.390 e. The third-order valence-corrected chi connectivity index (χ3v) is 4.65. The van der Waals surface area contributed by atoms with E-state index in [1.54, 1.807) is 0 Å². The van der Waals surface area contributed by atoms with E-state index >= 15 is 0 Å². The maximum absolute atomic E-state index is 9.84. The van der Waals surface area contributed by atoms with Crippen molar-refractivity contribution >= 4 is 22.6 Å². The molecule has 0 saturated heterocycles. The molecule has 2 N–H and O–H groups in total. The third kappa shape index (κ3) is 5.31. The van der Waals surface area contributed by atoms with E-state index in [2.05, 4.69) is 46.2 Å². The first-order valence-corrected chi connectivity index (χ1v) is 9.29. The molecule has 0 amide bonds. The number of imidazole rings is 1. The second kappa shape index (κ2) is 7.78. The van der Waals surface area contributed by atoms with E-state index in [-0.39, 0.29) is 0 Å². The number of aromatic amines is 1. The molecule has 26 heavy (non-hydrogen) atoms. The van der Waals surface area contributed by atoms with Crippen LogP contribution in [-0.2, 0) is 19.5 Å². The molecule has 0 atom stereocenters. The predicted molar refractivity (Wildman–Crippen MR) is 107 cm³/mol. The fourth-order valence-corrected chi connectivity index (χ4v) is 3.17. The molecule has 0 fully saturated rings. The van der Waals surface area contributed by atoms with E-state index in [1.165, 1.54) is 11.1 Å². The molecule has 4 nitrogen and oxygen atoms in total. The summed E-state index contributed by atoms with van der Waals surface area (Å²) in [6, 6.07) is 14.3. The topological polar surface area (TPSA) is 52.1 Å². The molecule has 0 aliphatic carbocycles. The highest BCUT2D eigenvalue weighted by atomic mass is 35.5. The summed E-state index contributed by atoms with van der Waals surface area (Å²) >= 11 is 6.03. The fourth-order valence-electron chi connectivity index (χ4n) is 2.99. The standard InChI is InChI=1S/C21H26ClN3O/c1-21(2,26)11-10-15-4-6-16(7-5-15)13-25(3)14-20-23-18-9-8-17(22)12-19(18)24-20/h4-9,12,26H,10-11,13-14H2,1-3H3,(H,23,24). The monoisotopic (exact) mass is 371 g/mol. The van der Waals surface area contributed by atoms with Gasteiger partial charge in [-0.1, -0.05) is 35.9 Å². The van der Waals surface area contributed by atoms with Gasteiger partial charge in [0, 0.05) is 11.6 Å². The van der Waals surface area contributed by atoms with Crippen molar-refractivity contribution in [3.8, 4) is 0 Å². The minimum atomic E-state index is -0.615. The maximum Gasteiger partial charge on any atom is 0.121 e. The summed E-state index contributed by atoms with van der Waals surface area (Å²) in [6.07, 6.45) is 1.66. The number of halogens is 1. The van der Waals surface area contributed by atoms with Gasteiger partial charge >= 0.3 is 0 Å². The Balaban J connectivity index is 1.57. The number of hydrogen-bond acceptors (Lipinski definition) is 3. The number of benzene rings is 2. The van der Waals surface area contributed by atoms with Gasteiger partial charge in [0.2, 0.25) is 0 Å². The second-order valence-corrected chi connectivity index (χ2v) is 8.08. The highest BCUT2D eigenvalue weighted by molar-refractivity contribution is 6.31. The van der Waals surface area contributed by atoms with Crippen molar-refractivity contribution in [2.24, 2.45) is 0 Å². The lowest BCUT2D eigenvalue weighted by molar-refractivity contribution is 0.0714. The van der Waals surface area contributed by atoms with E-state index in [1.807, 2.05) is 32.0 Å². The number of nitrogens with one attached hydrogen (secondary N) is 1. The molecule has 0 saturated carbocycles. The Bertz CT molecular complexity index is 865. The van der Waals surface area contributed by atoms with E-state index in [0.717, 1.165) is 42.8 Å². The zero-order valence-electron chi connectivity index (χ0n) is 15.6. The van der Waals surface area contributed by atoms with Crippen LogP contribution in [0.1, 0.15) is 37.2 Å². The maximum atomic E-state index is 9.84. The van der Waals surface area contributed by atoms with Gasteiger partial charge in [0.1, 0.15) is 5.82 Å². The smallest absolute Gasteiger partial charge is 0.121 e. The Kier molecular flexibility index (Phi) is 5.66. The van der Waals surface area contributed by atoms with Crippen molar-refractivity contribution in [1.82, 2.24) is 14.9 Å². The van der Waals surface area contributed by atoms with Crippen LogP contribution in [-0.4, -0.2) is 32.6 Å². The van der Waals surface area contributed by atoms with Gasteiger partial charge in [-0.25, -0.2) is 4.98 Å². The average Bonchev–Trinajstić information content (AvgIpc) is 2.94. The predicted octanol–water partition coefficient (Wildman–Crippen LogP) is 4.55. The van der Waals surface area contributed by atoms with Gasteiger partial charge in [-0.2, -0.15) is 0 Å². The summed E-state index contributed by atoms with van der Waals surface area (Å²) in [7, 11) is 2.09. The van der Waals surface area contributed by atoms with Gasteiger partial charge in [-0.05, 0) is 63.1 Å². The summed E-state index contributed by atoms with van der Waals surface area (Å²) in [5.74, 6) is 0.937. The molecule has 3 rings (SSSR count). The lowest BCUT2D eigenvalue weighted by Crippen LogP contribution is -2.19. The Hall–Kier alpha value is -1.88. The quantitative estimate of drug-likeness (QED) is 0.640. The lowest BCUT2D eigenvalue weighted by atomic mass is 9.98. The van der Waals surface area contributed by atoms with Gasteiger partial charge in [0.05, 0.1) is 23.2 Å². The van der Waals surface area contributed by atoms with Crippen molar-refractivity contribution in [3.05, 3.63) is 64.4 Å². The molecule has 0 radical (unpaired) electrons. The molecule has 0 aliphatic heterocycles. The van der Waals surface area contributed by atoms with Gasteiger partial charge in [0.25, 0.3) is 0 Å². The molecule has 2 aromatic carbocycles. The number of hydrogen-bond donors (Lipinski definition) is 2. The molecule has 5 heteroatoms. The SMILES string of the molecule is CN(Cc1ccc(CCC(C)(C)O)cc1)Cc1nc2ccc(Cl)cc2[nH]1. The van der Waals surface area contributed by atoms with Crippen LogP contribution in [0.5, 0.6) is 0 Å². The van der Waals surface area contributed by atoms with Crippen molar-refractivity contribution < 1.29 is 5.11 Å². The molecule has 1 aromatic heterocycles. The van der Waals surface area contributed by atoms with E-state index < -0.39 is 5.60 Å². The van der Waals surface area contributed by atoms with Crippen LogP contribution < -0.4 is 0 Å². The fraction of sp³-hybridized carbons (Fsp3) is 0.381. The van der Waals surface area contributed by atoms with E-state index in [9.17, 15) is 5.11 Å². The van der Waals surface area contributed by atoms with Crippen LogP contribution in [0.4, 0.5) is 0 Å². The summed E-state index contributed by atoms with van der Waals surface area (Å²) < 4.78 is 0. The Labute approximate surface area is 159 Å². The molecular formula is C21H26ClN3O. The van der Waals surface area contributed by atoms with E-state index in [4.69, 9.17) is 11.6 Å². The van der Waals surface area contributed by atoms with Gasteiger partial charge in [-0.15, -0.1) is 0 Å². The van der Waals surface area contributed by atoms with Gasteiger partial charge < -0.3 is 10.1 Å². The number of aliphatic hydroxyl groups is 1. The second-order valence-electron chi connectivity index (χ2n) is 7.65. The van der Waals surface area contributed by atoms with Gasteiger partial charge in [-0.3, -0.25) is 4.90 Å². The van der Waals surface area contributed by atoms with E-state index in [0.29, 0.717) is 5.02 Å². The number of H-pyrrole nitrogens is 1. The molecule has 138 valence electrons.